The van der Waals surface area contributed by atoms with E-state index >= 15 is 0 Å². The van der Waals surface area contributed by atoms with Gasteiger partial charge in [0.1, 0.15) is 10.7 Å². The van der Waals surface area contributed by atoms with Crippen molar-refractivity contribution >= 4 is 10.0 Å². The molecule has 118 valence electrons. The van der Waals surface area contributed by atoms with Crippen LogP contribution in [0.2, 0.25) is 0 Å². The highest BCUT2D eigenvalue weighted by atomic mass is 32.2. The summed E-state index contributed by atoms with van der Waals surface area (Å²) in [6.07, 6.45) is 3.01. The van der Waals surface area contributed by atoms with Crippen LogP contribution in [0.15, 0.2) is 17.0 Å². The number of rotatable bonds is 8. The van der Waals surface area contributed by atoms with Crippen LogP contribution in [-0.2, 0) is 16.6 Å². The first-order valence-electron chi connectivity index (χ1n) is 7.13. The Labute approximate surface area is 124 Å². The molecule has 0 atom stereocenters. The highest BCUT2D eigenvalue weighted by Crippen LogP contribution is 2.32. The third-order valence-corrected chi connectivity index (χ3v) is 5.01. The minimum absolute atomic E-state index is 0.0421. The van der Waals surface area contributed by atoms with Crippen molar-refractivity contribution in [3.8, 4) is 0 Å². The minimum Gasteiger partial charge on any atom is -0.313 e. The van der Waals surface area contributed by atoms with Gasteiger partial charge < -0.3 is 5.32 Å². The first kappa shape index (κ1) is 16.3. The van der Waals surface area contributed by atoms with Gasteiger partial charge in [0.15, 0.2) is 5.82 Å². The molecule has 1 saturated carbocycles. The van der Waals surface area contributed by atoms with Crippen molar-refractivity contribution in [1.29, 1.82) is 0 Å². The molecule has 0 aliphatic heterocycles. The van der Waals surface area contributed by atoms with Crippen LogP contribution >= 0.6 is 0 Å². The summed E-state index contributed by atoms with van der Waals surface area (Å²) in [5, 5.41) is 2.80. The maximum atomic E-state index is 14.3. The summed E-state index contributed by atoms with van der Waals surface area (Å²) in [6, 6.07) is 1.96. The molecule has 1 aliphatic carbocycles. The van der Waals surface area contributed by atoms with E-state index in [2.05, 4.69) is 10.0 Å². The fraction of sp³-hybridized carbons (Fsp3) is 0.571. The molecular formula is C14H20F2N2O2S. The standard InChI is InChI=1S/C14H20F2N2O2S/c1-2-17-9-11-12(15)5-6-13(14(11)16)21(19,20)18-8-7-10-3-4-10/h5-6,10,17-18H,2-4,7-9H2,1H3. The van der Waals surface area contributed by atoms with Gasteiger partial charge in [-0.15, -0.1) is 0 Å². The molecule has 0 bridgehead atoms. The topological polar surface area (TPSA) is 58.2 Å². The van der Waals surface area contributed by atoms with Crippen LogP contribution in [0.5, 0.6) is 0 Å². The summed E-state index contributed by atoms with van der Waals surface area (Å²) in [4.78, 5) is -0.493. The molecule has 1 fully saturated rings. The van der Waals surface area contributed by atoms with Crippen molar-refractivity contribution in [2.24, 2.45) is 5.92 Å². The van der Waals surface area contributed by atoms with E-state index in [0.717, 1.165) is 31.4 Å². The molecule has 21 heavy (non-hydrogen) atoms. The lowest BCUT2D eigenvalue weighted by molar-refractivity contribution is 0.513. The van der Waals surface area contributed by atoms with Crippen molar-refractivity contribution in [2.75, 3.05) is 13.1 Å². The smallest absolute Gasteiger partial charge is 0.243 e. The summed E-state index contributed by atoms with van der Waals surface area (Å²) in [5.41, 5.74) is -0.248. The second-order valence-electron chi connectivity index (χ2n) is 5.25. The Kier molecular flexibility index (Phi) is 5.29. The molecule has 0 spiro atoms. The van der Waals surface area contributed by atoms with E-state index in [1.165, 1.54) is 0 Å². The van der Waals surface area contributed by atoms with Gasteiger partial charge in [-0.25, -0.2) is 21.9 Å². The Morgan fingerprint density at radius 1 is 1.29 bits per heavy atom. The molecule has 2 rings (SSSR count). The summed E-state index contributed by atoms with van der Waals surface area (Å²) in [7, 11) is -3.94. The zero-order chi connectivity index (χ0) is 15.5. The summed E-state index contributed by atoms with van der Waals surface area (Å²) >= 11 is 0. The Bertz CT molecular complexity index is 601. The quantitative estimate of drug-likeness (QED) is 0.772. The van der Waals surface area contributed by atoms with Gasteiger partial charge in [0.25, 0.3) is 0 Å². The normalized spacial score (nSPS) is 15.4. The van der Waals surface area contributed by atoms with Crippen LogP contribution in [-0.4, -0.2) is 21.5 Å². The van der Waals surface area contributed by atoms with Crippen LogP contribution in [0.3, 0.4) is 0 Å². The maximum absolute atomic E-state index is 14.3. The summed E-state index contributed by atoms with van der Waals surface area (Å²) in [6.45, 7) is 2.58. The zero-order valence-corrected chi connectivity index (χ0v) is 12.8. The van der Waals surface area contributed by atoms with Crippen molar-refractivity contribution in [3.63, 3.8) is 0 Å². The molecule has 0 amide bonds. The number of nitrogens with one attached hydrogen (secondary N) is 2. The van der Waals surface area contributed by atoms with Gasteiger partial charge in [0.2, 0.25) is 10.0 Å². The second-order valence-corrected chi connectivity index (χ2v) is 6.98. The molecule has 0 heterocycles. The van der Waals surface area contributed by atoms with Crippen LogP contribution in [0.4, 0.5) is 8.78 Å². The van der Waals surface area contributed by atoms with Crippen molar-refractivity contribution in [1.82, 2.24) is 10.0 Å². The van der Waals surface area contributed by atoms with Crippen molar-refractivity contribution < 1.29 is 17.2 Å². The molecule has 0 unspecified atom stereocenters. The molecular weight excluding hydrogens is 298 g/mol. The van der Waals surface area contributed by atoms with Gasteiger partial charge in [-0.3, -0.25) is 0 Å². The molecule has 2 N–H and O–H groups in total. The van der Waals surface area contributed by atoms with E-state index in [1.807, 2.05) is 0 Å². The average Bonchev–Trinajstić information content (AvgIpc) is 3.22. The van der Waals surface area contributed by atoms with Crippen LogP contribution in [0, 0.1) is 17.6 Å². The van der Waals surface area contributed by atoms with Gasteiger partial charge in [-0.1, -0.05) is 19.8 Å². The Hall–Kier alpha value is -1.05. The van der Waals surface area contributed by atoms with Crippen LogP contribution < -0.4 is 10.0 Å². The highest BCUT2D eigenvalue weighted by molar-refractivity contribution is 7.89. The third kappa shape index (κ3) is 4.21. The van der Waals surface area contributed by atoms with Gasteiger partial charge in [0, 0.05) is 18.7 Å². The van der Waals surface area contributed by atoms with Crippen molar-refractivity contribution in [3.05, 3.63) is 29.3 Å². The number of hydrogen-bond acceptors (Lipinski definition) is 3. The largest absolute Gasteiger partial charge is 0.313 e. The van der Waals surface area contributed by atoms with Crippen LogP contribution in [0.25, 0.3) is 0 Å². The highest BCUT2D eigenvalue weighted by Gasteiger charge is 2.25. The Balaban J connectivity index is 2.16. The molecule has 1 aliphatic rings. The lowest BCUT2D eigenvalue weighted by Crippen LogP contribution is -2.27. The summed E-state index contributed by atoms with van der Waals surface area (Å²) < 4.78 is 54.4. The molecule has 1 aromatic rings. The van der Waals surface area contributed by atoms with Crippen molar-refractivity contribution in [2.45, 2.75) is 37.6 Å². The second kappa shape index (κ2) is 6.81. The Morgan fingerprint density at radius 3 is 2.62 bits per heavy atom. The van der Waals surface area contributed by atoms with E-state index in [0.29, 0.717) is 12.5 Å². The molecule has 1 aromatic carbocycles. The molecule has 0 aromatic heterocycles. The minimum atomic E-state index is -3.94. The zero-order valence-electron chi connectivity index (χ0n) is 12.0. The third-order valence-electron chi connectivity index (χ3n) is 3.53. The molecule has 4 nitrogen and oxygen atoms in total. The average molecular weight is 318 g/mol. The maximum Gasteiger partial charge on any atom is 0.243 e. The Morgan fingerprint density at radius 2 is 2.00 bits per heavy atom. The SMILES string of the molecule is CCNCc1c(F)ccc(S(=O)(=O)NCCC2CC2)c1F. The van der Waals surface area contributed by atoms with Gasteiger partial charge >= 0.3 is 0 Å². The van der Waals surface area contributed by atoms with E-state index in [4.69, 9.17) is 0 Å². The number of sulfonamides is 1. The monoisotopic (exact) mass is 318 g/mol. The van der Waals surface area contributed by atoms with Crippen LogP contribution in [0.1, 0.15) is 31.7 Å². The lowest BCUT2D eigenvalue weighted by Gasteiger charge is -2.11. The molecule has 0 radical (unpaired) electrons. The van der Waals surface area contributed by atoms with Gasteiger partial charge in [0.05, 0.1) is 0 Å². The number of halogens is 2. The first-order chi connectivity index (χ1) is 9.95. The fourth-order valence-electron chi connectivity index (χ4n) is 2.08. The van der Waals surface area contributed by atoms with Gasteiger partial charge in [-0.05, 0) is 31.0 Å². The van der Waals surface area contributed by atoms with Gasteiger partial charge in [-0.2, -0.15) is 0 Å². The molecule has 0 saturated heterocycles. The van der Waals surface area contributed by atoms with E-state index < -0.39 is 26.6 Å². The van der Waals surface area contributed by atoms with E-state index in [9.17, 15) is 17.2 Å². The number of benzene rings is 1. The predicted molar refractivity (Wildman–Crippen MR) is 76.3 cm³/mol. The van der Waals surface area contributed by atoms with E-state index in [1.54, 1.807) is 6.92 Å². The van der Waals surface area contributed by atoms with E-state index in [-0.39, 0.29) is 18.7 Å². The summed E-state index contributed by atoms with van der Waals surface area (Å²) in [5.74, 6) is -1.18. The predicted octanol–water partition coefficient (Wildman–Crippen LogP) is 2.15. The number of hydrogen-bond donors (Lipinski definition) is 2. The fourth-order valence-corrected chi connectivity index (χ4v) is 3.23. The first-order valence-corrected chi connectivity index (χ1v) is 8.61. The molecule has 7 heteroatoms. The lowest BCUT2D eigenvalue weighted by atomic mass is 10.2.